The van der Waals surface area contributed by atoms with E-state index in [1.54, 1.807) is 49.4 Å². The fourth-order valence-electron chi connectivity index (χ4n) is 5.78. The average molecular weight is 576 g/mol. The van der Waals surface area contributed by atoms with Gasteiger partial charge in [-0.1, -0.05) is 40.2 Å². The highest BCUT2D eigenvalue weighted by Crippen LogP contribution is 2.53. The summed E-state index contributed by atoms with van der Waals surface area (Å²) in [6, 6.07) is 11.2. The highest BCUT2D eigenvalue weighted by atomic mass is 79.9. The maximum Gasteiger partial charge on any atom is 0.352 e. The number of ketones is 2. The van der Waals surface area contributed by atoms with Crippen molar-refractivity contribution in [1.82, 2.24) is 13.9 Å². The van der Waals surface area contributed by atoms with E-state index in [0.717, 1.165) is 4.57 Å². The van der Waals surface area contributed by atoms with Crippen LogP contribution in [0.3, 0.4) is 0 Å². The van der Waals surface area contributed by atoms with Gasteiger partial charge >= 0.3 is 11.4 Å². The fourth-order valence-corrected chi connectivity index (χ4v) is 6.23. The number of Topliss-reactive ketones (excluding diaryl/α,β-unsaturated/α-hetero) is 1. The largest absolute Gasteiger partial charge is 0.504 e. The van der Waals surface area contributed by atoms with Crippen molar-refractivity contribution in [3.63, 3.8) is 0 Å². The number of carbonyl (C=O) groups excluding carboxylic acids is 2. The van der Waals surface area contributed by atoms with Gasteiger partial charge in [0.25, 0.3) is 0 Å². The van der Waals surface area contributed by atoms with E-state index >= 15 is 0 Å². The highest BCUT2D eigenvalue weighted by molar-refractivity contribution is 9.10. The van der Waals surface area contributed by atoms with Crippen LogP contribution in [0.25, 0.3) is 5.69 Å². The molecule has 0 fully saturated rings. The minimum atomic E-state index is -0.827. The lowest BCUT2D eigenvalue weighted by Crippen LogP contribution is -2.40. The molecule has 0 saturated carbocycles. The van der Waals surface area contributed by atoms with E-state index in [2.05, 4.69) is 15.9 Å². The number of hydrogen-bond donors (Lipinski definition) is 1. The van der Waals surface area contributed by atoms with Gasteiger partial charge in [-0.2, -0.15) is 0 Å². The normalized spacial score (nSPS) is 20.4. The van der Waals surface area contributed by atoms with Crippen LogP contribution >= 0.6 is 15.9 Å². The molecule has 10 heteroatoms. The summed E-state index contributed by atoms with van der Waals surface area (Å²) in [5, 5.41) is 11.2. The fraction of sp³-hybridized carbons (Fsp3) is 0.214. The Hall–Kier alpha value is -4.18. The molecule has 1 N–H and O–H groups in total. The van der Waals surface area contributed by atoms with Crippen LogP contribution in [-0.2, 0) is 16.1 Å². The summed E-state index contributed by atoms with van der Waals surface area (Å²) in [5.41, 5.74) is 1.26. The van der Waals surface area contributed by atoms with Crippen LogP contribution < -0.4 is 16.1 Å². The third-order valence-electron chi connectivity index (χ3n) is 7.44. The smallest absolute Gasteiger partial charge is 0.352 e. The van der Waals surface area contributed by atoms with Crippen molar-refractivity contribution in [2.24, 2.45) is 0 Å². The molecule has 2 aromatic carbocycles. The first kappa shape index (κ1) is 24.2. The zero-order valence-corrected chi connectivity index (χ0v) is 22.1. The lowest BCUT2D eigenvalue weighted by atomic mass is 9.67. The van der Waals surface area contributed by atoms with Crippen molar-refractivity contribution in [2.45, 2.75) is 31.8 Å². The topological polar surface area (TPSA) is 113 Å². The molecule has 3 aromatic rings. The number of rotatable bonds is 3. The summed E-state index contributed by atoms with van der Waals surface area (Å²) in [4.78, 5) is 53.9. The Balaban J connectivity index is 1.62. The second kappa shape index (κ2) is 8.70. The molecule has 38 heavy (non-hydrogen) atoms. The molecule has 0 bridgehead atoms. The number of allylic oxidation sites excluding steroid dienone is 6. The molecule has 0 spiro atoms. The van der Waals surface area contributed by atoms with E-state index < -0.39 is 23.3 Å². The summed E-state index contributed by atoms with van der Waals surface area (Å²) >= 11 is 3.45. The van der Waals surface area contributed by atoms with Gasteiger partial charge in [-0.25, -0.2) is 23.5 Å². The molecule has 3 aliphatic rings. The molecule has 1 aromatic heterocycles. The molecular formula is C28H22BrN3O6. The van der Waals surface area contributed by atoms with E-state index in [0.29, 0.717) is 26.9 Å². The van der Waals surface area contributed by atoms with Crippen LogP contribution in [0, 0.1) is 0 Å². The Morgan fingerprint density at radius 1 is 1.05 bits per heavy atom. The summed E-state index contributed by atoms with van der Waals surface area (Å²) in [6.45, 7) is 1.67. The Morgan fingerprint density at radius 3 is 2.50 bits per heavy atom. The van der Waals surface area contributed by atoms with Gasteiger partial charge in [-0.05, 0) is 42.8 Å². The lowest BCUT2D eigenvalue weighted by Gasteiger charge is -2.39. The van der Waals surface area contributed by atoms with Crippen LogP contribution in [0.4, 0.5) is 0 Å². The molecule has 0 saturated heterocycles. The van der Waals surface area contributed by atoms with Gasteiger partial charge in [0, 0.05) is 39.1 Å². The van der Waals surface area contributed by atoms with Crippen LogP contribution in [-0.4, -0.2) is 37.7 Å². The number of hydrogen-bond acceptors (Lipinski definition) is 6. The quantitative estimate of drug-likeness (QED) is 0.378. The van der Waals surface area contributed by atoms with E-state index in [1.165, 1.54) is 22.5 Å². The predicted molar refractivity (Wildman–Crippen MR) is 142 cm³/mol. The zero-order chi connectivity index (χ0) is 26.9. The number of carbonyl (C=O) groups is 2. The number of benzene rings is 2. The molecular weight excluding hydrogens is 554 g/mol. The SMILES string of the molecule is COc1cc(Br)cc([C@H]2C3=CCn4c(=O)n(-c5ccccc5)c(=O)n4[C@@H]3CC3=C2C(=O)C=C(C)C3=O)c1O. The zero-order valence-electron chi connectivity index (χ0n) is 20.5. The Morgan fingerprint density at radius 2 is 1.79 bits per heavy atom. The number of nitrogens with zero attached hydrogens (tertiary/aromatic N) is 3. The van der Waals surface area contributed by atoms with Crippen molar-refractivity contribution >= 4 is 27.5 Å². The predicted octanol–water partition coefficient (Wildman–Crippen LogP) is 3.34. The molecule has 0 amide bonds. The molecule has 192 valence electrons. The summed E-state index contributed by atoms with van der Waals surface area (Å²) < 4.78 is 9.79. The van der Waals surface area contributed by atoms with Gasteiger partial charge < -0.3 is 9.84 Å². The van der Waals surface area contributed by atoms with Gasteiger partial charge in [0.1, 0.15) is 0 Å². The molecule has 2 heterocycles. The lowest BCUT2D eigenvalue weighted by molar-refractivity contribution is -0.116. The molecule has 0 unspecified atom stereocenters. The molecule has 2 aliphatic carbocycles. The second-order valence-electron chi connectivity index (χ2n) is 9.48. The summed E-state index contributed by atoms with van der Waals surface area (Å²) in [7, 11) is 1.42. The average Bonchev–Trinajstić information content (AvgIpc) is 3.17. The Bertz CT molecular complexity index is 1770. The first-order valence-corrected chi connectivity index (χ1v) is 12.8. The second-order valence-corrected chi connectivity index (χ2v) is 10.4. The number of phenols is 1. The van der Waals surface area contributed by atoms with Crippen molar-refractivity contribution in [2.75, 3.05) is 7.11 Å². The highest BCUT2D eigenvalue weighted by Gasteiger charge is 2.45. The number of halogens is 1. The summed E-state index contributed by atoms with van der Waals surface area (Å²) in [6.07, 6.45) is 3.20. The number of methoxy groups -OCH3 is 1. The molecule has 6 rings (SSSR count). The van der Waals surface area contributed by atoms with Crippen molar-refractivity contribution < 1.29 is 19.4 Å². The number of phenolic OH excluding ortho intramolecular Hbond substituents is 1. The van der Waals surface area contributed by atoms with E-state index in [-0.39, 0.29) is 47.2 Å². The number of ether oxygens (including phenoxy) is 1. The van der Waals surface area contributed by atoms with Crippen molar-refractivity contribution in [1.29, 1.82) is 0 Å². The number of aromatic nitrogens is 3. The maximum absolute atomic E-state index is 13.7. The minimum absolute atomic E-state index is 0.0669. The van der Waals surface area contributed by atoms with Crippen molar-refractivity contribution in [3.05, 3.63) is 108 Å². The standard InChI is InChI=1S/C28H22BrN3O6/c1-14-10-21(33)24-19(25(14)34)13-20-17(23(24)18-11-15(29)12-22(38-2)26(18)35)8-9-30-27(36)31(28(37)32(20)30)16-6-4-3-5-7-16/h3-8,10-12,20,23,35H,9,13H2,1-2H3/t20-,23-/m1/s1. The van der Waals surface area contributed by atoms with Crippen LogP contribution in [0.1, 0.15) is 30.9 Å². The molecule has 0 radical (unpaired) electrons. The molecule has 2 atom stereocenters. The third-order valence-corrected chi connectivity index (χ3v) is 7.90. The first-order valence-electron chi connectivity index (χ1n) is 12.0. The van der Waals surface area contributed by atoms with Gasteiger partial charge in [0.15, 0.2) is 23.1 Å². The maximum atomic E-state index is 13.7. The van der Waals surface area contributed by atoms with E-state index in [1.807, 2.05) is 6.08 Å². The Kier molecular flexibility index (Phi) is 5.53. The molecule has 1 aliphatic heterocycles. The van der Waals surface area contributed by atoms with Crippen LogP contribution in [0.5, 0.6) is 11.5 Å². The number of fused-ring (bicyclic) bond motifs is 3. The van der Waals surface area contributed by atoms with Crippen LogP contribution in [0.2, 0.25) is 0 Å². The van der Waals surface area contributed by atoms with Gasteiger partial charge in [-0.3, -0.25) is 9.59 Å². The Labute approximate surface area is 224 Å². The van der Waals surface area contributed by atoms with Crippen molar-refractivity contribution in [3.8, 4) is 17.2 Å². The number of aromatic hydroxyl groups is 1. The van der Waals surface area contributed by atoms with Gasteiger partial charge in [0.05, 0.1) is 25.4 Å². The summed E-state index contributed by atoms with van der Waals surface area (Å²) in [5.74, 6) is -1.41. The monoisotopic (exact) mass is 575 g/mol. The van der Waals surface area contributed by atoms with E-state index in [9.17, 15) is 24.3 Å². The third kappa shape index (κ3) is 3.36. The molecule has 9 nitrogen and oxygen atoms in total. The number of para-hydroxylation sites is 1. The van der Waals surface area contributed by atoms with Crippen LogP contribution in [0.15, 0.2) is 91.0 Å². The van der Waals surface area contributed by atoms with E-state index in [4.69, 9.17) is 4.74 Å². The minimum Gasteiger partial charge on any atom is -0.504 e. The van der Waals surface area contributed by atoms with Gasteiger partial charge in [0.2, 0.25) is 0 Å². The first-order chi connectivity index (χ1) is 18.2. The van der Waals surface area contributed by atoms with Gasteiger partial charge in [-0.15, -0.1) is 0 Å².